The SMILES string of the molecule is Cc1c(CNCS(=O)(=O)[O-])c(=O)n(-c2ccccc2)n1C.[Mg+2]. The third-order valence-electron chi connectivity index (χ3n) is 3.25. The third kappa shape index (κ3) is 4.20. The summed E-state index contributed by atoms with van der Waals surface area (Å²) >= 11 is 0. The number of aromatic nitrogens is 2. The molecule has 1 aromatic carbocycles. The molecular formula is C13H16MgN3O4S+. The number of nitrogens with one attached hydrogen (secondary N) is 1. The summed E-state index contributed by atoms with van der Waals surface area (Å²) in [5.41, 5.74) is 1.62. The van der Waals surface area contributed by atoms with Crippen molar-refractivity contribution >= 4 is 33.2 Å². The van der Waals surface area contributed by atoms with E-state index in [2.05, 4.69) is 5.32 Å². The maximum atomic E-state index is 12.4. The molecule has 0 bridgehead atoms. The molecule has 2 aromatic rings. The Bertz CT molecular complexity index is 797. The van der Waals surface area contributed by atoms with Gasteiger partial charge in [0.1, 0.15) is 10.1 Å². The molecule has 0 atom stereocenters. The van der Waals surface area contributed by atoms with E-state index in [0.717, 1.165) is 5.69 Å². The topological polar surface area (TPSA) is 96.2 Å². The van der Waals surface area contributed by atoms with Gasteiger partial charge in [-0.3, -0.25) is 9.48 Å². The number of hydrogen-bond donors (Lipinski definition) is 1. The Morgan fingerprint density at radius 2 is 1.82 bits per heavy atom. The number of nitrogens with zero attached hydrogens (tertiary/aromatic N) is 2. The molecule has 0 aliphatic rings. The van der Waals surface area contributed by atoms with Crippen LogP contribution in [0.4, 0.5) is 0 Å². The van der Waals surface area contributed by atoms with Gasteiger partial charge in [0.25, 0.3) is 5.56 Å². The number of rotatable bonds is 5. The molecule has 0 amide bonds. The van der Waals surface area contributed by atoms with Crippen molar-refractivity contribution in [2.24, 2.45) is 7.05 Å². The Balaban J connectivity index is 0.00000242. The third-order valence-corrected chi connectivity index (χ3v) is 3.81. The molecule has 0 fully saturated rings. The Morgan fingerprint density at radius 3 is 2.36 bits per heavy atom. The zero-order valence-corrected chi connectivity index (χ0v) is 14.7. The summed E-state index contributed by atoms with van der Waals surface area (Å²) in [6.45, 7) is 1.79. The minimum absolute atomic E-state index is 0. The number of para-hydroxylation sites is 1. The van der Waals surface area contributed by atoms with Crippen LogP contribution in [0, 0.1) is 6.92 Å². The summed E-state index contributed by atoms with van der Waals surface area (Å²) < 4.78 is 34.9. The fourth-order valence-corrected chi connectivity index (χ4v) is 2.48. The molecule has 0 spiro atoms. The molecule has 0 unspecified atom stereocenters. The van der Waals surface area contributed by atoms with Crippen molar-refractivity contribution in [1.82, 2.24) is 14.7 Å². The van der Waals surface area contributed by atoms with Crippen LogP contribution in [0.1, 0.15) is 11.3 Å². The van der Waals surface area contributed by atoms with Crippen molar-refractivity contribution in [1.29, 1.82) is 0 Å². The quantitative estimate of drug-likeness (QED) is 0.598. The van der Waals surface area contributed by atoms with Crippen molar-refractivity contribution in [3.63, 3.8) is 0 Å². The van der Waals surface area contributed by atoms with Crippen LogP contribution < -0.4 is 10.9 Å². The minimum Gasteiger partial charge on any atom is -0.747 e. The predicted octanol–water partition coefficient (Wildman–Crippen LogP) is -0.304. The predicted molar refractivity (Wildman–Crippen MR) is 82.9 cm³/mol. The van der Waals surface area contributed by atoms with Crippen LogP contribution in [0.15, 0.2) is 35.1 Å². The van der Waals surface area contributed by atoms with E-state index in [1.807, 2.05) is 18.2 Å². The van der Waals surface area contributed by atoms with Gasteiger partial charge in [0.15, 0.2) is 0 Å². The average Bonchev–Trinajstić information content (AvgIpc) is 2.62. The second kappa shape index (κ2) is 7.42. The normalized spacial score (nSPS) is 11.2. The first kappa shape index (κ1) is 18.9. The maximum Gasteiger partial charge on any atom is 2.00 e. The van der Waals surface area contributed by atoms with Crippen LogP contribution in [0.25, 0.3) is 5.69 Å². The zero-order chi connectivity index (χ0) is 15.6. The van der Waals surface area contributed by atoms with E-state index in [-0.39, 0.29) is 35.2 Å². The first-order valence-electron chi connectivity index (χ1n) is 6.28. The van der Waals surface area contributed by atoms with E-state index < -0.39 is 16.0 Å². The van der Waals surface area contributed by atoms with Gasteiger partial charge in [-0.25, -0.2) is 13.1 Å². The molecule has 1 aromatic heterocycles. The van der Waals surface area contributed by atoms with Gasteiger partial charge in [-0.2, -0.15) is 0 Å². The molecule has 114 valence electrons. The van der Waals surface area contributed by atoms with Crippen LogP contribution >= 0.6 is 0 Å². The summed E-state index contributed by atoms with van der Waals surface area (Å²) in [4.78, 5) is 12.4. The summed E-state index contributed by atoms with van der Waals surface area (Å²) in [5, 5.41) is 2.49. The first-order valence-corrected chi connectivity index (χ1v) is 7.86. The number of benzene rings is 1. The summed E-state index contributed by atoms with van der Waals surface area (Å²) in [6, 6.07) is 9.12. The molecule has 0 radical (unpaired) electrons. The molecule has 1 N–H and O–H groups in total. The molecule has 2 rings (SSSR count). The second-order valence-corrected chi connectivity index (χ2v) is 6.07. The second-order valence-electron chi connectivity index (χ2n) is 4.67. The van der Waals surface area contributed by atoms with Crippen LogP contribution in [-0.4, -0.2) is 51.3 Å². The van der Waals surface area contributed by atoms with Crippen molar-refractivity contribution in [2.45, 2.75) is 13.5 Å². The van der Waals surface area contributed by atoms with E-state index in [0.29, 0.717) is 11.3 Å². The van der Waals surface area contributed by atoms with Gasteiger partial charge in [0.2, 0.25) is 0 Å². The zero-order valence-electron chi connectivity index (χ0n) is 12.4. The Kier molecular flexibility index (Phi) is 6.38. The molecule has 1 heterocycles. The minimum atomic E-state index is -4.35. The van der Waals surface area contributed by atoms with E-state index in [1.165, 1.54) is 4.68 Å². The van der Waals surface area contributed by atoms with E-state index >= 15 is 0 Å². The summed E-state index contributed by atoms with van der Waals surface area (Å²) in [7, 11) is -2.60. The largest absolute Gasteiger partial charge is 2.00 e. The van der Waals surface area contributed by atoms with Crippen molar-refractivity contribution in [2.75, 3.05) is 5.88 Å². The van der Waals surface area contributed by atoms with Crippen LogP contribution in [0.5, 0.6) is 0 Å². The van der Waals surface area contributed by atoms with Crippen LogP contribution in [0.3, 0.4) is 0 Å². The van der Waals surface area contributed by atoms with Crippen molar-refractivity contribution < 1.29 is 13.0 Å². The molecule has 0 saturated heterocycles. The van der Waals surface area contributed by atoms with Gasteiger partial charge < -0.3 is 9.87 Å². The Morgan fingerprint density at radius 1 is 1.23 bits per heavy atom. The molecule has 9 heteroatoms. The molecule has 0 aliphatic carbocycles. The standard InChI is InChI=1S/C13H17N3O4S.Mg/c1-10-12(8-14-9-21(18,19)20)13(17)16(15(10)2)11-6-4-3-5-7-11;/h3-7,14H,8-9H2,1-2H3,(H,18,19,20);/q;+2/p-1. The number of hydrogen-bond acceptors (Lipinski definition) is 5. The molecule has 22 heavy (non-hydrogen) atoms. The average molecular weight is 335 g/mol. The smallest absolute Gasteiger partial charge is 0.747 e. The fraction of sp³-hybridized carbons (Fsp3) is 0.308. The maximum absolute atomic E-state index is 12.4. The Hall–Kier alpha value is -1.13. The van der Waals surface area contributed by atoms with Gasteiger partial charge in [-0.05, 0) is 19.1 Å². The van der Waals surface area contributed by atoms with Gasteiger partial charge >= 0.3 is 23.1 Å². The van der Waals surface area contributed by atoms with Crippen molar-refractivity contribution in [3.05, 3.63) is 51.9 Å². The molecule has 7 nitrogen and oxygen atoms in total. The molecule has 0 aliphatic heterocycles. The van der Waals surface area contributed by atoms with E-state index in [1.54, 1.807) is 30.8 Å². The molecule has 0 saturated carbocycles. The molecular weight excluding hydrogens is 319 g/mol. The Labute approximate surface area is 144 Å². The van der Waals surface area contributed by atoms with Gasteiger partial charge in [0.05, 0.1) is 17.1 Å². The van der Waals surface area contributed by atoms with Crippen molar-refractivity contribution in [3.8, 4) is 5.69 Å². The summed E-state index contributed by atoms with van der Waals surface area (Å²) in [5.74, 6) is -0.702. The first-order chi connectivity index (χ1) is 9.81. The van der Waals surface area contributed by atoms with Gasteiger partial charge in [0, 0.05) is 19.3 Å². The van der Waals surface area contributed by atoms with Gasteiger partial charge in [-0.1, -0.05) is 18.2 Å². The van der Waals surface area contributed by atoms with Crippen LogP contribution in [0.2, 0.25) is 0 Å². The van der Waals surface area contributed by atoms with Crippen LogP contribution in [-0.2, 0) is 23.7 Å². The van der Waals surface area contributed by atoms with E-state index in [9.17, 15) is 17.8 Å². The monoisotopic (exact) mass is 334 g/mol. The fourth-order valence-electron chi connectivity index (χ4n) is 2.13. The van der Waals surface area contributed by atoms with E-state index in [4.69, 9.17) is 0 Å². The van der Waals surface area contributed by atoms with Gasteiger partial charge in [-0.15, -0.1) is 0 Å². The summed E-state index contributed by atoms with van der Waals surface area (Å²) in [6.07, 6.45) is 0.